The molecule has 0 radical (unpaired) electrons. The highest BCUT2D eigenvalue weighted by molar-refractivity contribution is 7.25. The van der Waals surface area contributed by atoms with E-state index < -0.39 is 0 Å². The Hall–Kier alpha value is -5.96. The molecule has 1 unspecified atom stereocenters. The third-order valence-electron chi connectivity index (χ3n) is 10.3. The van der Waals surface area contributed by atoms with E-state index in [1.54, 1.807) is 0 Å². The predicted octanol–water partition coefficient (Wildman–Crippen LogP) is 13.8. The molecule has 0 spiro atoms. The lowest BCUT2D eigenvalue weighted by Crippen LogP contribution is -2.05. The summed E-state index contributed by atoms with van der Waals surface area (Å²) in [6.45, 7) is 0. The summed E-state index contributed by atoms with van der Waals surface area (Å²) in [5.41, 5.74) is 10.7. The van der Waals surface area contributed by atoms with Crippen LogP contribution in [-0.4, -0.2) is 0 Å². The molecule has 1 nitrogen and oxygen atoms in total. The van der Waals surface area contributed by atoms with Crippen LogP contribution in [0.15, 0.2) is 180 Å². The minimum absolute atomic E-state index is 0.196. The van der Waals surface area contributed by atoms with Crippen LogP contribution in [0, 0.1) is 0 Å². The van der Waals surface area contributed by atoms with Gasteiger partial charge in [0.15, 0.2) is 0 Å². The Bertz CT molecular complexity index is 2870. The van der Waals surface area contributed by atoms with Crippen LogP contribution in [0.4, 0.5) is 0 Å². The van der Waals surface area contributed by atoms with Gasteiger partial charge in [-0.25, -0.2) is 0 Å². The quantitative estimate of drug-likeness (QED) is 0.174. The second-order valence-electron chi connectivity index (χ2n) is 13.3. The number of furan rings is 1. The zero-order valence-electron chi connectivity index (χ0n) is 27.3. The Morgan fingerprint density at radius 1 is 0.400 bits per heavy atom. The molecule has 2 aromatic heterocycles. The zero-order chi connectivity index (χ0) is 33.0. The molecule has 50 heavy (non-hydrogen) atoms. The van der Waals surface area contributed by atoms with Gasteiger partial charge in [-0.15, -0.1) is 11.3 Å². The van der Waals surface area contributed by atoms with E-state index in [0.717, 1.165) is 28.4 Å². The van der Waals surface area contributed by atoms with Gasteiger partial charge in [-0.2, -0.15) is 0 Å². The summed E-state index contributed by atoms with van der Waals surface area (Å²) in [5, 5.41) is 7.55. The van der Waals surface area contributed by atoms with Crippen molar-refractivity contribution in [2.45, 2.75) is 12.3 Å². The Kier molecular flexibility index (Phi) is 6.89. The van der Waals surface area contributed by atoms with Gasteiger partial charge in [0.2, 0.25) is 0 Å². The first-order chi connectivity index (χ1) is 24.7. The normalized spacial score (nSPS) is 12.4. The number of thiophene rings is 1. The number of rotatable bonds is 6. The van der Waals surface area contributed by atoms with Gasteiger partial charge in [-0.1, -0.05) is 133 Å². The molecule has 236 valence electrons. The molecule has 0 aliphatic carbocycles. The first-order valence-corrected chi connectivity index (χ1v) is 18.1. The summed E-state index contributed by atoms with van der Waals surface area (Å²) in [5.74, 6) is 0.196. The van der Waals surface area contributed by atoms with Gasteiger partial charge in [-0.3, -0.25) is 0 Å². The molecule has 2 heterocycles. The van der Waals surface area contributed by atoms with Crippen molar-refractivity contribution in [3.63, 3.8) is 0 Å². The average Bonchev–Trinajstić information content (AvgIpc) is 3.74. The largest absolute Gasteiger partial charge is 0.456 e. The third-order valence-corrected chi connectivity index (χ3v) is 11.4. The molecule has 2 heteroatoms. The molecule has 10 rings (SSSR count). The van der Waals surface area contributed by atoms with Gasteiger partial charge < -0.3 is 4.42 Å². The van der Waals surface area contributed by atoms with Crippen molar-refractivity contribution in [1.82, 2.24) is 0 Å². The van der Waals surface area contributed by atoms with Crippen LogP contribution < -0.4 is 0 Å². The van der Waals surface area contributed by atoms with Crippen LogP contribution in [0.5, 0.6) is 0 Å². The zero-order valence-corrected chi connectivity index (χ0v) is 28.2. The molecule has 0 bridgehead atoms. The summed E-state index contributed by atoms with van der Waals surface area (Å²) >= 11 is 1.88. The Balaban J connectivity index is 1.05. The summed E-state index contributed by atoms with van der Waals surface area (Å²) in [7, 11) is 0. The minimum atomic E-state index is 0.196. The first-order valence-electron chi connectivity index (χ1n) is 17.2. The van der Waals surface area contributed by atoms with Gasteiger partial charge in [0.1, 0.15) is 11.2 Å². The third kappa shape index (κ3) is 5.08. The van der Waals surface area contributed by atoms with E-state index in [0.29, 0.717) is 0 Å². The van der Waals surface area contributed by atoms with Crippen LogP contribution in [0.2, 0.25) is 0 Å². The van der Waals surface area contributed by atoms with Crippen molar-refractivity contribution in [1.29, 1.82) is 0 Å². The van der Waals surface area contributed by atoms with E-state index >= 15 is 0 Å². The van der Waals surface area contributed by atoms with Gasteiger partial charge in [0.25, 0.3) is 0 Å². The lowest BCUT2D eigenvalue weighted by molar-refractivity contribution is 0.669. The summed E-state index contributed by atoms with van der Waals surface area (Å²) in [4.78, 5) is 0. The molecular weight excluding hydrogens is 625 g/mol. The maximum absolute atomic E-state index is 6.11. The SMILES string of the molecule is c1cc(-c2cccc(C(Cc3ccc4sc5ccccc5c4c3)c3ccc4ccccc4c3)c2)cc(-c2ccc3oc4ccccc4c3c2)c1. The molecule has 1 atom stereocenters. The monoisotopic (exact) mass is 656 g/mol. The fourth-order valence-corrected chi connectivity index (χ4v) is 8.79. The molecular formula is C48H32OS. The molecule has 0 aliphatic rings. The first kappa shape index (κ1) is 29.0. The van der Waals surface area contributed by atoms with Crippen molar-refractivity contribution >= 4 is 64.2 Å². The lowest BCUT2D eigenvalue weighted by Gasteiger charge is -2.20. The van der Waals surface area contributed by atoms with E-state index in [2.05, 4.69) is 164 Å². The second kappa shape index (κ2) is 11.9. The maximum Gasteiger partial charge on any atom is 0.135 e. The van der Waals surface area contributed by atoms with Crippen molar-refractivity contribution in [3.05, 3.63) is 193 Å². The Labute approximate surface area is 294 Å². The van der Waals surface area contributed by atoms with Crippen LogP contribution in [-0.2, 0) is 6.42 Å². The minimum Gasteiger partial charge on any atom is -0.456 e. The number of para-hydroxylation sites is 1. The van der Waals surface area contributed by atoms with Crippen LogP contribution in [0.3, 0.4) is 0 Å². The molecule has 0 saturated heterocycles. The van der Waals surface area contributed by atoms with E-state index in [1.807, 2.05) is 23.5 Å². The second-order valence-corrected chi connectivity index (χ2v) is 14.4. The lowest BCUT2D eigenvalue weighted by atomic mass is 9.83. The summed E-state index contributed by atoms with van der Waals surface area (Å²) in [6.07, 6.45) is 0.917. The van der Waals surface area contributed by atoms with E-state index in [4.69, 9.17) is 4.42 Å². The topological polar surface area (TPSA) is 13.1 Å². The van der Waals surface area contributed by atoms with Crippen molar-refractivity contribution in [3.8, 4) is 22.3 Å². The molecule has 0 fully saturated rings. The maximum atomic E-state index is 6.11. The highest BCUT2D eigenvalue weighted by Gasteiger charge is 2.18. The van der Waals surface area contributed by atoms with Gasteiger partial charge in [0.05, 0.1) is 0 Å². The van der Waals surface area contributed by atoms with Gasteiger partial charge in [-0.05, 0) is 98.6 Å². The van der Waals surface area contributed by atoms with Crippen LogP contribution in [0.1, 0.15) is 22.6 Å². The fraction of sp³-hybridized carbons (Fsp3) is 0.0417. The van der Waals surface area contributed by atoms with Crippen molar-refractivity contribution < 1.29 is 4.42 Å². The Morgan fingerprint density at radius 3 is 1.98 bits per heavy atom. The van der Waals surface area contributed by atoms with Crippen LogP contribution in [0.25, 0.3) is 75.1 Å². The average molecular weight is 657 g/mol. The summed E-state index contributed by atoms with van der Waals surface area (Å²) in [6, 6.07) is 64.5. The smallest absolute Gasteiger partial charge is 0.135 e. The molecule has 0 saturated carbocycles. The number of hydrogen-bond acceptors (Lipinski definition) is 2. The molecule has 10 aromatic rings. The van der Waals surface area contributed by atoms with E-state index in [1.165, 1.54) is 69.9 Å². The number of fused-ring (bicyclic) bond motifs is 7. The highest BCUT2D eigenvalue weighted by Crippen LogP contribution is 2.38. The molecule has 0 N–H and O–H groups in total. The van der Waals surface area contributed by atoms with Crippen molar-refractivity contribution in [2.24, 2.45) is 0 Å². The van der Waals surface area contributed by atoms with Gasteiger partial charge >= 0.3 is 0 Å². The molecule has 0 aliphatic heterocycles. The van der Waals surface area contributed by atoms with Crippen molar-refractivity contribution in [2.75, 3.05) is 0 Å². The molecule has 0 amide bonds. The van der Waals surface area contributed by atoms with Crippen LogP contribution >= 0.6 is 11.3 Å². The number of benzene rings is 8. The van der Waals surface area contributed by atoms with Gasteiger partial charge in [0, 0.05) is 36.9 Å². The number of hydrogen-bond donors (Lipinski definition) is 0. The Morgan fingerprint density at radius 2 is 1.08 bits per heavy atom. The van der Waals surface area contributed by atoms with E-state index in [9.17, 15) is 0 Å². The van der Waals surface area contributed by atoms with E-state index in [-0.39, 0.29) is 5.92 Å². The highest BCUT2D eigenvalue weighted by atomic mass is 32.1. The predicted molar refractivity (Wildman–Crippen MR) is 213 cm³/mol. The standard InChI is InChI=1S/C48H32OS/c1-2-10-33-28-39(21-20-32(33)9-1)42(25-31-19-24-48-44(26-31)41-16-4-6-18-47(41)50-48)38-14-8-13-36(29-38)34-11-7-12-35(27-34)37-22-23-46-43(30-37)40-15-3-5-17-45(40)49-46/h1-24,26-30,42H,25H2. The molecule has 8 aromatic carbocycles. The summed E-state index contributed by atoms with van der Waals surface area (Å²) < 4.78 is 8.80. The fourth-order valence-electron chi connectivity index (χ4n) is 7.71.